The molecule has 2 nitrogen and oxygen atoms in total. The highest BCUT2D eigenvalue weighted by atomic mass is 28.2. The zero-order valence-corrected chi connectivity index (χ0v) is 10.8. The molecule has 0 saturated heterocycles. The fourth-order valence-corrected chi connectivity index (χ4v) is 1.61. The summed E-state index contributed by atoms with van der Waals surface area (Å²) in [6.45, 7) is 7.63. The quantitative estimate of drug-likeness (QED) is 0.683. The van der Waals surface area contributed by atoms with E-state index in [0.29, 0.717) is 16.0 Å². The van der Waals surface area contributed by atoms with Crippen LogP contribution in [-0.4, -0.2) is 16.5 Å². The first kappa shape index (κ1) is 10.7. The Morgan fingerprint density at radius 1 is 1.43 bits per heavy atom. The van der Waals surface area contributed by atoms with Crippen molar-refractivity contribution in [1.82, 2.24) is 0 Å². The minimum Gasteiger partial charge on any atom is -0.525 e. The lowest BCUT2D eigenvalue weighted by atomic mass is 9.98. The molecule has 0 N–H and O–H groups in total. The van der Waals surface area contributed by atoms with Crippen LogP contribution < -0.4 is 0 Å². The van der Waals surface area contributed by atoms with Gasteiger partial charge in [0.05, 0.1) is 5.56 Å². The molecule has 0 saturated carbocycles. The SMILES string of the molecule is C=Cc1ccc(C(=O)O[SiH3])c(C)c1C. The van der Waals surface area contributed by atoms with Crippen molar-refractivity contribution in [3.05, 3.63) is 41.0 Å². The average Bonchev–Trinajstić information content (AvgIpc) is 2.21. The van der Waals surface area contributed by atoms with Gasteiger partial charge >= 0.3 is 5.97 Å². The van der Waals surface area contributed by atoms with Crippen molar-refractivity contribution in [2.75, 3.05) is 0 Å². The highest BCUT2D eigenvalue weighted by molar-refractivity contribution is 6.09. The van der Waals surface area contributed by atoms with Crippen molar-refractivity contribution in [2.24, 2.45) is 0 Å². The summed E-state index contributed by atoms with van der Waals surface area (Å²) < 4.78 is 4.82. The van der Waals surface area contributed by atoms with Crippen molar-refractivity contribution < 1.29 is 9.22 Å². The maximum atomic E-state index is 11.4. The van der Waals surface area contributed by atoms with Gasteiger partial charge in [0.25, 0.3) is 0 Å². The van der Waals surface area contributed by atoms with E-state index in [1.165, 1.54) is 0 Å². The van der Waals surface area contributed by atoms with Crippen LogP contribution in [0.15, 0.2) is 18.7 Å². The molecule has 0 aliphatic heterocycles. The van der Waals surface area contributed by atoms with Crippen molar-refractivity contribution in [2.45, 2.75) is 13.8 Å². The molecule has 0 aliphatic carbocycles. The van der Waals surface area contributed by atoms with Gasteiger partial charge in [-0.3, -0.25) is 0 Å². The minimum atomic E-state index is -0.229. The Bertz CT molecular complexity index is 383. The molecule has 0 spiro atoms. The van der Waals surface area contributed by atoms with Gasteiger partial charge in [-0.2, -0.15) is 0 Å². The Labute approximate surface area is 87.1 Å². The molecule has 0 atom stereocenters. The van der Waals surface area contributed by atoms with E-state index in [4.69, 9.17) is 4.43 Å². The summed E-state index contributed by atoms with van der Waals surface area (Å²) >= 11 is 0. The molecule has 1 aromatic rings. The van der Waals surface area contributed by atoms with Crippen LogP contribution >= 0.6 is 0 Å². The first-order valence-electron chi connectivity index (χ1n) is 4.42. The van der Waals surface area contributed by atoms with E-state index in [-0.39, 0.29) is 5.97 Å². The molecule has 0 unspecified atom stereocenters. The smallest absolute Gasteiger partial charge is 0.324 e. The number of benzene rings is 1. The van der Waals surface area contributed by atoms with Gasteiger partial charge < -0.3 is 4.43 Å². The average molecular weight is 206 g/mol. The standard InChI is InChI=1S/C11H14O2Si/c1-4-9-5-6-10(11(12)13-14)8(3)7(9)2/h4-6H,1H2,2-3,14H3. The van der Waals surface area contributed by atoms with Crippen molar-refractivity contribution in [1.29, 1.82) is 0 Å². The molecular formula is C11H14O2Si. The largest absolute Gasteiger partial charge is 0.525 e. The van der Waals surface area contributed by atoms with Crippen molar-refractivity contribution in [3.63, 3.8) is 0 Å². The van der Waals surface area contributed by atoms with Crippen molar-refractivity contribution in [3.8, 4) is 0 Å². The normalized spacial score (nSPS) is 9.86. The molecule has 74 valence electrons. The van der Waals surface area contributed by atoms with Crippen LogP contribution in [0.3, 0.4) is 0 Å². The van der Waals surface area contributed by atoms with Crippen LogP contribution in [0, 0.1) is 13.8 Å². The van der Waals surface area contributed by atoms with E-state index >= 15 is 0 Å². The number of carbonyl (C=O) groups is 1. The summed E-state index contributed by atoms with van der Waals surface area (Å²) in [5.41, 5.74) is 3.78. The van der Waals surface area contributed by atoms with Gasteiger partial charge in [-0.15, -0.1) is 0 Å². The van der Waals surface area contributed by atoms with Crippen LogP contribution in [0.4, 0.5) is 0 Å². The number of rotatable bonds is 2. The number of hydrogen-bond donors (Lipinski definition) is 0. The Morgan fingerprint density at radius 3 is 2.57 bits per heavy atom. The number of carbonyl (C=O) groups excluding carboxylic acids is 1. The van der Waals surface area contributed by atoms with Gasteiger partial charge in [-0.25, -0.2) is 4.79 Å². The van der Waals surface area contributed by atoms with Gasteiger partial charge in [0.1, 0.15) is 0 Å². The molecule has 0 aliphatic rings. The molecule has 3 heteroatoms. The predicted molar refractivity (Wildman–Crippen MR) is 61.4 cm³/mol. The third-order valence-electron chi connectivity index (χ3n) is 2.45. The van der Waals surface area contributed by atoms with Crippen LogP contribution in [0.2, 0.25) is 0 Å². The molecule has 0 heterocycles. The van der Waals surface area contributed by atoms with Crippen LogP contribution in [0.1, 0.15) is 27.0 Å². The van der Waals surface area contributed by atoms with Gasteiger partial charge in [0, 0.05) is 0 Å². The van der Waals surface area contributed by atoms with E-state index in [9.17, 15) is 4.79 Å². The summed E-state index contributed by atoms with van der Waals surface area (Å²) in [6, 6.07) is 3.68. The lowest BCUT2D eigenvalue weighted by molar-refractivity contribution is 0.0749. The highest BCUT2D eigenvalue weighted by Gasteiger charge is 2.10. The monoisotopic (exact) mass is 206 g/mol. The third-order valence-corrected chi connectivity index (χ3v) is 2.83. The zero-order chi connectivity index (χ0) is 10.7. The number of hydrogen-bond acceptors (Lipinski definition) is 2. The van der Waals surface area contributed by atoms with Crippen LogP contribution in [0.5, 0.6) is 0 Å². The van der Waals surface area contributed by atoms with E-state index < -0.39 is 0 Å². The summed E-state index contributed by atoms with van der Waals surface area (Å²) in [5.74, 6) is -0.229. The first-order valence-corrected chi connectivity index (χ1v) is 5.24. The van der Waals surface area contributed by atoms with E-state index in [2.05, 4.69) is 6.58 Å². The summed E-state index contributed by atoms with van der Waals surface area (Å²) in [5, 5.41) is 0. The summed E-state index contributed by atoms with van der Waals surface area (Å²) in [4.78, 5) is 11.4. The molecule has 0 fully saturated rings. The highest BCUT2D eigenvalue weighted by Crippen LogP contribution is 2.19. The maximum Gasteiger partial charge on any atom is 0.324 e. The second-order valence-corrected chi connectivity index (χ2v) is 3.56. The van der Waals surface area contributed by atoms with E-state index in [0.717, 1.165) is 16.7 Å². The summed E-state index contributed by atoms with van der Waals surface area (Å²) in [7, 11) is 0.433. The predicted octanol–water partition coefficient (Wildman–Crippen LogP) is 1.38. The van der Waals surface area contributed by atoms with E-state index in [1.54, 1.807) is 12.1 Å². The van der Waals surface area contributed by atoms with Gasteiger partial charge in [-0.1, -0.05) is 18.7 Å². The maximum absolute atomic E-state index is 11.4. The molecular weight excluding hydrogens is 192 g/mol. The van der Waals surface area contributed by atoms with Gasteiger partial charge in [0.15, 0.2) is 0 Å². The fourth-order valence-electron chi connectivity index (χ4n) is 1.39. The second kappa shape index (κ2) is 4.24. The fraction of sp³-hybridized carbons (Fsp3) is 0.182. The lowest BCUT2D eigenvalue weighted by Crippen LogP contribution is -2.06. The third kappa shape index (κ3) is 1.77. The Kier molecular flexibility index (Phi) is 3.25. The zero-order valence-electron chi connectivity index (χ0n) is 8.76. The molecule has 1 aromatic carbocycles. The second-order valence-electron chi connectivity index (χ2n) is 3.15. The Morgan fingerprint density at radius 2 is 2.07 bits per heavy atom. The summed E-state index contributed by atoms with van der Waals surface area (Å²) in [6.07, 6.45) is 1.79. The molecule has 0 aromatic heterocycles. The van der Waals surface area contributed by atoms with E-state index in [1.807, 2.05) is 19.9 Å². The minimum absolute atomic E-state index is 0.229. The molecule has 0 amide bonds. The molecule has 1 rings (SSSR count). The Hall–Kier alpha value is -1.35. The first-order chi connectivity index (χ1) is 6.61. The van der Waals surface area contributed by atoms with Crippen LogP contribution in [0.25, 0.3) is 6.08 Å². The Balaban J connectivity index is 3.30. The lowest BCUT2D eigenvalue weighted by Gasteiger charge is -2.09. The molecule has 0 radical (unpaired) electrons. The topological polar surface area (TPSA) is 26.3 Å². The molecule has 0 bridgehead atoms. The molecule has 14 heavy (non-hydrogen) atoms. The van der Waals surface area contributed by atoms with Gasteiger partial charge in [0.2, 0.25) is 10.5 Å². The van der Waals surface area contributed by atoms with Gasteiger partial charge in [-0.05, 0) is 36.6 Å². The van der Waals surface area contributed by atoms with Crippen LogP contribution in [-0.2, 0) is 4.43 Å². The van der Waals surface area contributed by atoms with Crippen molar-refractivity contribution >= 4 is 22.5 Å².